The van der Waals surface area contributed by atoms with E-state index in [2.05, 4.69) is 19.2 Å². The first kappa shape index (κ1) is 12.5. The summed E-state index contributed by atoms with van der Waals surface area (Å²) in [4.78, 5) is 11.7. The van der Waals surface area contributed by atoms with Crippen LogP contribution >= 0.6 is 0 Å². The largest absolute Gasteiger partial charge is 0.380 e. The molecule has 0 aliphatic carbocycles. The highest BCUT2D eigenvalue weighted by molar-refractivity contribution is 5.78. The number of nitrogens with two attached hydrogens (primary N) is 1. The molecule has 1 heterocycles. The van der Waals surface area contributed by atoms with Crippen molar-refractivity contribution in [3.8, 4) is 0 Å². The summed E-state index contributed by atoms with van der Waals surface area (Å²) >= 11 is 0. The highest BCUT2D eigenvalue weighted by Gasteiger charge is 2.34. The molecule has 0 spiro atoms. The minimum atomic E-state index is -0.0282. The molecule has 1 aliphatic rings. The number of amides is 1. The first-order valence-corrected chi connectivity index (χ1v) is 5.67. The lowest BCUT2D eigenvalue weighted by Crippen LogP contribution is -2.50. The Morgan fingerprint density at radius 3 is 2.67 bits per heavy atom. The van der Waals surface area contributed by atoms with E-state index in [0.717, 1.165) is 26.1 Å². The molecular weight excluding hydrogens is 192 g/mol. The molecule has 1 aliphatic heterocycles. The van der Waals surface area contributed by atoms with Crippen LogP contribution in [0.15, 0.2) is 0 Å². The van der Waals surface area contributed by atoms with E-state index < -0.39 is 0 Å². The van der Waals surface area contributed by atoms with Crippen molar-refractivity contribution >= 4 is 5.91 Å². The minimum absolute atomic E-state index is 0.0282. The number of carbonyl (C=O) groups is 1. The Labute approximate surface area is 91.5 Å². The summed E-state index contributed by atoms with van der Waals surface area (Å²) in [5.41, 5.74) is 5.70. The first-order valence-electron chi connectivity index (χ1n) is 5.67. The summed E-state index contributed by atoms with van der Waals surface area (Å²) in [6, 6.07) is 0. The molecule has 88 valence electrons. The molecule has 1 saturated heterocycles. The van der Waals surface area contributed by atoms with Gasteiger partial charge < -0.3 is 15.8 Å². The maximum atomic E-state index is 11.7. The molecule has 1 fully saturated rings. The van der Waals surface area contributed by atoms with Crippen LogP contribution in [0.1, 0.15) is 26.7 Å². The van der Waals surface area contributed by atoms with Crippen LogP contribution in [-0.2, 0) is 9.53 Å². The lowest BCUT2D eigenvalue weighted by molar-refractivity contribution is -0.130. The quantitative estimate of drug-likeness (QED) is 0.677. The van der Waals surface area contributed by atoms with Crippen molar-refractivity contribution in [3.05, 3.63) is 0 Å². The maximum absolute atomic E-state index is 11.7. The molecule has 1 amide bonds. The predicted molar refractivity (Wildman–Crippen MR) is 59.4 cm³/mol. The molecular formula is C11H22N2O2. The van der Waals surface area contributed by atoms with Crippen molar-refractivity contribution in [2.75, 3.05) is 26.3 Å². The molecule has 0 radical (unpaired) electrons. The molecule has 4 nitrogen and oxygen atoms in total. The molecule has 0 aromatic heterocycles. The molecule has 0 aromatic rings. The number of nitrogens with one attached hydrogen (secondary N) is 1. The van der Waals surface area contributed by atoms with Gasteiger partial charge in [-0.05, 0) is 6.42 Å². The van der Waals surface area contributed by atoms with Gasteiger partial charge in [-0.15, -0.1) is 0 Å². The lowest BCUT2D eigenvalue weighted by Gasteiger charge is -2.38. The second-order valence-electron chi connectivity index (χ2n) is 4.74. The van der Waals surface area contributed by atoms with Crippen LogP contribution in [0, 0.1) is 11.3 Å². The highest BCUT2D eigenvalue weighted by Crippen LogP contribution is 2.25. The van der Waals surface area contributed by atoms with Crippen LogP contribution in [-0.4, -0.2) is 32.2 Å². The van der Waals surface area contributed by atoms with Gasteiger partial charge in [-0.25, -0.2) is 0 Å². The van der Waals surface area contributed by atoms with Gasteiger partial charge in [0.15, 0.2) is 0 Å². The zero-order valence-electron chi connectivity index (χ0n) is 9.71. The standard InChI is InChI=1S/C11H22N2O2/c1-3-4-9(5-12)10(14)13-6-11(2)7-15-8-11/h9H,3-8,12H2,1-2H3,(H,13,14). The second kappa shape index (κ2) is 5.47. The fourth-order valence-corrected chi connectivity index (χ4v) is 1.70. The van der Waals surface area contributed by atoms with E-state index in [0.29, 0.717) is 13.1 Å². The molecule has 1 unspecified atom stereocenters. The van der Waals surface area contributed by atoms with Crippen LogP contribution in [0.4, 0.5) is 0 Å². The Morgan fingerprint density at radius 1 is 1.60 bits per heavy atom. The molecule has 3 N–H and O–H groups in total. The molecule has 0 bridgehead atoms. The monoisotopic (exact) mass is 214 g/mol. The third-order valence-electron chi connectivity index (χ3n) is 2.88. The van der Waals surface area contributed by atoms with Gasteiger partial charge in [-0.3, -0.25) is 4.79 Å². The third kappa shape index (κ3) is 3.47. The van der Waals surface area contributed by atoms with Crippen molar-refractivity contribution in [2.24, 2.45) is 17.1 Å². The normalized spacial score (nSPS) is 20.5. The molecule has 0 saturated carbocycles. The number of carbonyl (C=O) groups excluding carboxylic acids is 1. The highest BCUT2D eigenvalue weighted by atomic mass is 16.5. The van der Waals surface area contributed by atoms with Crippen molar-refractivity contribution in [2.45, 2.75) is 26.7 Å². The summed E-state index contributed by atoms with van der Waals surface area (Å²) in [6.07, 6.45) is 1.87. The smallest absolute Gasteiger partial charge is 0.224 e. The van der Waals surface area contributed by atoms with Crippen molar-refractivity contribution in [3.63, 3.8) is 0 Å². The SMILES string of the molecule is CCCC(CN)C(=O)NCC1(C)COC1. The van der Waals surface area contributed by atoms with Gasteiger partial charge in [-0.1, -0.05) is 20.3 Å². The van der Waals surface area contributed by atoms with E-state index in [1.165, 1.54) is 0 Å². The van der Waals surface area contributed by atoms with E-state index >= 15 is 0 Å². The number of ether oxygens (including phenoxy) is 1. The lowest BCUT2D eigenvalue weighted by atomic mass is 9.88. The molecule has 4 heteroatoms. The third-order valence-corrected chi connectivity index (χ3v) is 2.88. The summed E-state index contributed by atoms with van der Waals surface area (Å²) < 4.78 is 5.13. The zero-order chi connectivity index (χ0) is 11.3. The van der Waals surface area contributed by atoms with Gasteiger partial charge >= 0.3 is 0 Å². The predicted octanol–water partition coefficient (Wildman–Crippen LogP) is 0.514. The van der Waals surface area contributed by atoms with Crippen molar-refractivity contribution in [1.82, 2.24) is 5.32 Å². The Kier molecular flexibility index (Phi) is 4.54. The van der Waals surface area contributed by atoms with Crippen LogP contribution < -0.4 is 11.1 Å². The molecule has 15 heavy (non-hydrogen) atoms. The fourth-order valence-electron chi connectivity index (χ4n) is 1.70. The van der Waals surface area contributed by atoms with E-state index in [4.69, 9.17) is 10.5 Å². The van der Waals surface area contributed by atoms with Gasteiger partial charge in [0.05, 0.1) is 19.1 Å². The van der Waals surface area contributed by atoms with Crippen LogP contribution in [0.25, 0.3) is 0 Å². The fraction of sp³-hybridized carbons (Fsp3) is 0.909. The van der Waals surface area contributed by atoms with E-state index in [1.807, 2.05) is 0 Å². The van der Waals surface area contributed by atoms with E-state index in [1.54, 1.807) is 0 Å². The Hall–Kier alpha value is -0.610. The summed E-state index contributed by atoms with van der Waals surface area (Å²) in [5, 5.41) is 2.96. The number of hydrogen-bond acceptors (Lipinski definition) is 3. The summed E-state index contributed by atoms with van der Waals surface area (Å²) in [7, 11) is 0. The average molecular weight is 214 g/mol. The van der Waals surface area contributed by atoms with Gasteiger partial charge in [0, 0.05) is 18.5 Å². The van der Waals surface area contributed by atoms with Gasteiger partial charge in [-0.2, -0.15) is 0 Å². The van der Waals surface area contributed by atoms with E-state index in [-0.39, 0.29) is 17.2 Å². The zero-order valence-corrected chi connectivity index (χ0v) is 9.71. The van der Waals surface area contributed by atoms with Crippen molar-refractivity contribution in [1.29, 1.82) is 0 Å². The minimum Gasteiger partial charge on any atom is -0.380 e. The molecule has 0 aromatic carbocycles. The van der Waals surface area contributed by atoms with E-state index in [9.17, 15) is 4.79 Å². The summed E-state index contributed by atoms with van der Waals surface area (Å²) in [6.45, 7) is 6.81. The van der Waals surface area contributed by atoms with Crippen LogP contribution in [0.5, 0.6) is 0 Å². The van der Waals surface area contributed by atoms with Crippen LogP contribution in [0.2, 0.25) is 0 Å². The van der Waals surface area contributed by atoms with Gasteiger partial charge in [0.2, 0.25) is 5.91 Å². The summed E-state index contributed by atoms with van der Waals surface area (Å²) in [5.74, 6) is 0.0621. The van der Waals surface area contributed by atoms with Crippen LogP contribution in [0.3, 0.4) is 0 Å². The van der Waals surface area contributed by atoms with Gasteiger partial charge in [0.25, 0.3) is 0 Å². The van der Waals surface area contributed by atoms with Crippen molar-refractivity contribution < 1.29 is 9.53 Å². The topological polar surface area (TPSA) is 64.4 Å². The Bertz CT molecular complexity index is 215. The number of hydrogen-bond donors (Lipinski definition) is 2. The molecule has 1 rings (SSSR count). The Morgan fingerprint density at radius 2 is 2.27 bits per heavy atom. The Balaban J connectivity index is 2.27. The first-order chi connectivity index (χ1) is 7.11. The second-order valence-corrected chi connectivity index (χ2v) is 4.74. The number of rotatable bonds is 6. The maximum Gasteiger partial charge on any atom is 0.224 e. The average Bonchev–Trinajstić information content (AvgIpc) is 2.19. The van der Waals surface area contributed by atoms with Gasteiger partial charge in [0.1, 0.15) is 0 Å². The molecule has 1 atom stereocenters.